The molecule has 0 atom stereocenters. The maximum Gasteiger partial charge on any atom is 0.391 e. The van der Waals surface area contributed by atoms with Gasteiger partial charge in [-0.15, -0.1) is 0 Å². The molecule has 0 radical (unpaired) electrons. The Bertz CT molecular complexity index is 1440. The van der Waals surface area contributed by atoms with Crippen LogP contribution in [-0.4, -0.2) is 52.2 Å². The number of piperidine rings is 1. The van der Waals surface area contributed by atoms with Crippen LogP contribution in [0.4, 0.5) is 13.2 Å². The van der Waals surface area contributed by atoms with Crippen LogP contribution >= 0.6 is 11.6 Å². The van der Waals surface area contributed by atoms with Gasteiger partial charge in [0, 0.05) is 23.2 Å². The minimum Gasteiger partial charge on any atom is -0.352 e. The number of alkyl halides is 3. The maximum absolute atomic E-state index is 13.8. The summed E-state index contributed by atoms with van der Waals surface area (Å²) in [6, 6.07) is 12.7. The molecule has 1 saturated carbocycles. The summed E-state index contributed by atoms with van der Waals surface area (Å²) in [5, 5.41) is 3.80. The van der Waals surface area contributed by atoms with E-state index in [1.54, 1.807) is 18.2 Å². The van der Waals surface area contributed by atoms with Crippen LogP contribution < -0.4 is 10.9 Å². The summed E-state index contributed by atoms with van der Waals surface area (Å²) < 4.78 is 40.3. The highest BCUT2D eigenvalue weighted by molar-refractivity contribution is 6.30. The molecule has 40 heavy (non-hydrogen) atoms. The lowest BCUT2D eigenvalue weighted by atomic mass is 9.71. The highest BCUT2D eigenvalue weighted by Gasteiger charge is 2.41. The Kier molecular flexibility index (Phi) is 8.25. The van der Waals surface area contributed by atoms with Crippen molar-refractivity contribution in [3.63, 3.8) is 0 Å². The molecule has 1 N–H and O–H groups in total. The Morgan fingerprint density at radius 1 is 1.12 bits per heavy atom. The molecule has 0 unspecified atom stereocenters. The molecule has 2 aliphatic rings. The maximum atomic E-state index is 13.8. The van der Waals surface area contributed by atoms with Gasteiger partial charge in [-0.1, -0.05) is 29.8 Å². The molecule has 2 heterocycles. The van der Waals surface area contributed by atoms with Gasteiger partial charge < -0.3 is 10.2 Å². The first-order valence-electron chi connectivity index (χ1n) is 13.9. The fourth-order valence-corrected chi connectivity index (χ4v) is 6.15. The number of amides is 1. The van der Waals surface area contributed by atoms with E-state index < -0.39 is 12.1 Å². The summed E-state index contributed by atoms with van der Waals surface area (Å²) in [4.78, 5) is 33.4. The average molecular weight is 575 g/mol. The van der Waals surface area contributed by atoms with Gasteiger partial charge in [0.1, 0.15) is 12.4 Å². The summed E-state index contributed by atoms with van der Waals surface area (Å²) in [6.07, 6.45) is -1.87. The Morgan fingerprint density at radius 2 is 1.85 bits per heavy atom. The first kappa shape index (κ1) is 28.6. The number of rotatable bonds is 7. The van der Waals surface area contributed by atoms with Crippen LogP contribution in [0.2, 0.25) is 5.02 Å². The number of carbonyl (C=O) groups excluding carboxylic acids is 1. The van der Waals surface area contributed by atoms with E-state index >= 15 is 0 Å². The number of fused-ring (bicyclic) bond motifs is 1. The predicted molar refractivity (Wildman–Crippen MR) is 150 cm³/mol. The van der Waals surface area contributed by atoms with Crippen molar-refractivity contribution in [2.24, 2.45) is 11.8 Å². The van der Waals surface area contributed by atoms with E-state index in [2.05, 4.69) is 10.2 Å². The van der Waals surface area contributed by atoms with Crippen LogP contribution in [0, 0.1) is 11.8 Å². The van der Waals surface area contributed by atoms with Crippen LogP contribution in [0.25, 0.3) is 22.3 Å². The monoisotopic (exact) mass is 574 g/mol. The van der Waals surface area contributed by atoms with E-state index in [1.165, 1.54) is 4.57 Å². The van der Waals surface area contributed by atoms with Crippen molar-refractivity contribution in [2.45, 2.75) is 64.2 Å². The molecule has 1 aliphatic heterocycles. The van der Waals surface area contributed by atoms with Gasteiger partial charge in [-0.2, -0.15) is 13.2 Å². The van der Waals surface area contributed by atoms with Crippen molar-refractivity contribution >= 4 is 28.4 Å². The number of hydrogen-bond donors (Lipinski definition) is 1. The lowest BCUT2D eigenvalue weighted by Crippen LogP contribution is -2.43. The van der Waals surface area contributed by atoms with Crippen molar-refractivity contribution in [3.05, 3.63) is 63.4 Å². The molecule has 214 valence electrons. The summed E-state index contributed by atoms with van der Waals surface area (Å²) >= 11 is 6.21. The molecule has 0 spiro atoms. The van der Waals surface area contributed by atoms with Gasteiger partial charge in [0.15, 0.2) is 0 Å². The summed E-state index contributed by atoms with van der Waals surface area (Å²) in [6.45, 7) is 5.36. The predicted octanol–water partition coefficient (Wildman–Crippen LogP) is 6.01. The SMILES string of the molecule is CC(C)NC(=O)Cn1c(-c2cccc(Cl)c2)nc2ccc([C@H]3C[C@H](CN4CCC(C(F)(F)F)CC4)C3)cc2c1=O. The molecule has 3 aromatic rings. The van der Waals surface area contributed by atoms with Crippen molar-refractivity contribution in [2.75, 3.05) is 19.6 Å². The molecule has 1 amide bonds. The van der Waals surface area contributed by atoms with E-state index in [-0.39, 0.29) is 42.8 Å². The Balaban J connectivity index is 1.34. The lowest BCUT2D eigenvalue weighted by molar-refractivity contribution is -0.185. The summed E-state index contributed by atoms with van der Waals surface area (Å²) in [5.41, 5.74) is 1.96. The third kappa shape index (κ3) is 6.36. The van der Waals surface area contributed by atoms with Gasteiger partial charge in [0.05, 0.1) is 16.8 Å². The number of benzene rings is 2. The number of aromatic nitrogens is 2. The molecule has 1 saturated heterocycles. The Labute approximate surface area is 236 Å². The molecule has 6 nitrogen and oxygen atoms in total. The highest BCUT2D eigenvalue weighted by atomic mass is 35.5. The van der Waals surface area contributed by atoms with Gasteiger partial charge in [-0.25, -0.2) is 4.98 Å². The van der Waals surface area contributed by atoms with Gasteiger partial charge in [0.25, 0.3) is 5.56 Å². The normalized spacial score (nSPS) is 20.6. The van der Waals surface area contributed by atoms with E-state index in [9.17, 15) is 22.8 Å². The zero-order chi connectivity index (χ0) is 28.6. The highest BCUT2D eigenvalue weighted by Crippen LogP contribution is 2.43. The van der Waals surface area contributed by atoms with E-state index in [4.69, 9.17) is 16.6 Å². The van der Waals surface area contributed by atoms with Crippen molar-refractivity contribution in [1.82, 2.24) is 19.8 Å². The minimum absolute atomic E-state index is 0.0691. The van der Waals surface area contributed by atoms with Gasteiger partial charge in [0.2, 0.25) is 5.91 Å². The summed E-state index contributed by atoms with van der Waals surface area (Å²) in [7, 11) is 0. The van der Waals surface area contributed by atoms with Crippen LogP contribution in [0.15, 0.2) is 47.3 Å². The zero-order valence-corrected chi connectivity index (χ0v) is 23.4. The minimum atomic E-state index is -4.09. The second kappa shape index (κ2) is 11.5. The van der Waals surface area contributed by atoms with Gasteiger partial charge in [-0.3, -0.25) is 14.2 Å². The molecule has 1 aliphatic carbocycles. The molecule has 1 aromatic heterocycles. The first-order valence-corrected chi connectivity index (χ1v) is 14.2. The van der Waals surface area contributed by atoms with Crippen LogP contribution in [0.3, 0.4) is 0 Å². The molecule has 10 heteroatoms. The van der Waals surface area contributed by atoms with Crippen molar-refractivity contribution in [3.8, 4) is 11.4 Å². The van der Waals surface area contributed by atoms with Crippen LogP contribution in [0.1, 0.15) is 51.0 Å². The number of hydrogen-bond acceptors (Lipinski definition) is 4. The topological polar surface area (TPSA) is 67.2 Å². The van der Waals surface area contributed by atoms with E-state index in [0.717, 1.165) is 24.9 Å². The van der Waals surface area contributed by atoms with Crippen LogP contribution in [-0.2, 0) is 11.3 Å². The number of nitrogens with one attached hydrogen (secondary N) is 1. The molecule has 5 rings (SSSR count). The van der Waals surface area contributed by atoms with Crippen molar-refractivity contribution in [1.29, 1.82) is 0 Å². The quantitative estimate of drug-likeness (QED) is 0.375. The Hall–Kier alpha value is -2.91. The molecular formula is C30H34ClF3N4O2. The third-order valence-corrected chi connectivity index (χ3v) is 8.32. The van der Waals surface area contributed by atoms with Gasteiger partial charge in [-0.05, 0) is 94.3 Å². The van der Waals surface area contributed by atoms with Gasteiger partial charge >= 0.3 is 6.18 Å². The fraction of sp³-hybridized carbons (Fsp3) is 0.500. The summed E-state index contributed by atoms with van der Waals surface area (Å²) in [5.74, 6) is -0.359. The zero-order valence-electron chi connectivity index (χ0n) is 22.7. The number of nitrogens with zero attached hydrogens (tertiary/aromatic N) is 3. The van der Waals surface area contributed by atoms with E-state index in [0.29, 0.717) is 46.3 Å². The molecule has 2 fully saturated rings. The molecule has 0 bridgehead atoms. The molecule has 2 aromatic carbocycles. The number of halogens is 4. The number of carbonyl (C=O) groups is 1. The third-order valence-electron chi connectivity index (χ3n) is 8.09. The van der Waals surface area contributed by atoms with Crippen LogP contribution in [0.5, 0.6) is 0 Å². The average Bonchev–Trinajstić information content (AvgIpc) is 2.86. The Morgan fingerprint density at radius 3 is 2.50 bits per heavy atom. The second-order valence-corrected chi connectivity index (χ2v) is 11.9. The van der Waals surface area contributed by atoms with E-state index in [1.807, 2.05) is 38.1 Å². The standard InChI is InChI=1S/C30H34ClF3N4O2/c1-18(2)35-27(39)17-38-28(21-4-3-5-24(31)14-21)36-26-7-6-20(15-25(26)29(38)40)22-12-19(13-22)16-37-10-8-23(9-11-37)30(32,33)34/h3-7,14-15,18-19,22-23H,8-13,16-17H2,1-2H3,(H,35,39)/t19-,22-. The first-order chi connectivity index (χ1) is 19.0. The largest absolute Gasteiger partial charge is 0.391 e. The molecular weight excluding hydrogens is 541 g/mol. The lowest BCUT2D eigenvalue weighted by Gasteiger charge is -2.41. The smallest absolute Gasteiger partial charge is 0.352 e. The van der Waals surface area contributed by atoms with Crippen molar-refractivity contribution < 1.29 is 18.0 Å². The second-order valence-electron chi connectivity index (χ2n) is 11.5. The number of likely N-dealkylation sites (tertiary alicyclic amines) is 1. The fourth-order valence-electron chi connectivity index (χ4n) is 5.96.